The zero-order valence-electron chi connectivity index (χ0n) is 12.3. The van der Waals surface area contributed by atoms with Crippen molar-refractivity contribution >= 4 is 35.3 Å². The minimum atomic E-state index is -0.288. The number of ether oxygens (including phenoxy) is 1. The van der Waals surface area contributed by atoms with Crippen LogP contribution in [0.2, 0.25) is 0 Å². The third-order valence-corrected chi connectivity index (χ3v) is 4.94. The Bertz CT molecular complexity index is 600. The molecule has 2 heterocycles. The lowest BCUT2D eigenvalue weighted by molar-refractivity contribution is 0.124. The van der Waals surface area contributed by atoms with Crippen molar-refractivity contribution in [3.8, 4) is 5.75 Å². The molecule has 1 unspecified atom stereocenters. The van der Waals surface area contributed by atoms with Crippen LogP contribution in [0.25, 0.3) is 0 Å². The monoisotopic (exact) mass is 312 g/mol. The lowest BCUT2D eigenvalue weighted by Gasteiger charge is -2.24. The molecule has 0 saturated carbocycles. The molecular weight excluding hydrogens is 292 g/mol. The molecule has 3 nitrogen and oxygen atoms in total. The SMILES string of the molecule is Cc1cc2c(c3c1NC(=S)C3(C)C)OC(C)(CN)C2.Cl. The fraction of sp³-hybridized carbons (Fsp3) is 0.533. The number of halogens is 1. The van der Waals surface area contributed by atoms with Gasteiger partial charge in [0.25, 0.3) is 0 Å². The molecule has 2 aliphatic heterocycles. The number of fused-ring (bicyclic) bond motifs is 3. The summed E-state index contributed by atoms with van der Waals surface area (Å²) in [6, 6.07) is 2.20. The maximum Gasteiger partial charge on any atom is 0.129 e. The second-order valence-corrected chi connectivity index (χ2v) is 6.85. The lowest BCUT2D eigenvalue weighted by atomic mass is 9.83. The highest BCUT2D eigenvalue weighted by molar-refractivity contribution is 7.80. The summed E-state index contributed by atoms with van der Waals surface area (Å²) in [5.41, 5.74) is 10.2. The first-order chi connectivity index (χ1) is 8.78. The van der Waals surface area contributed by atoms with Gasteiger partial charge in [0, 0.05) is 29.6 Å². The molecule has 0 aliphatic carbocycles. The molecule has 0 spiro atoms. The van der Waals surface area contributed by atoms with Crippen LogP contribution in [0.5, 0.6) is 5.75 Å². The Morgan fingerprint density at radius 2 is 2.05 bits per heavy atom. The zero-order valence-corrected chi connectivity index (χ0v) is 13.9. The van der Waals surface area contributed by atoms with Gasteiger partial charge in [-0.25, -0.2) is 0 Å². The summed E-state index contributed by atoms with van der Waals surface area (Å²) in [5.74, 6) is 0.992. The van der Waals surface area contributed by atoms with Crippen molar-refractivity contribution in [1.82, 2.24) is 0 Å². The standard InChI is InChI=1S/C15H20N2OS.ClH/c1-8-5-9-6-15(4,7-16)18-12(9)10-11(8)17-13(19)14(10,2)3;/h5H,6-7,16H2,1-4H3,(H,17,19);1H. The van der Waals surface area contributed by atoms with Gasteiger partial charge < -0.3 is 15.8 Å². The third kappa shape index (κ3) is 1.93. The Labute approximate surface area is 131 Å². The average molecular weight is 313 g/mol. The van der Waals surface area contributed by atoms with Crippen LogP contribution in [0.3, 0.4) is 0 Å². The van der Waals surface area contributed by atoms with Gasteiger partial charge in [0.2, 0.25) is 0 Å². The summed E-state index contributed by atoms with van der Waals surface area (Å²) >= 11 is 5.49. The van der Waals surface area contributed by atoms with Gasteiger partial charge in [-0.1, -0.05) is 18.3 Å². The predicted octanol–water partition coefficient (Wildman–Crippen LogP) is 3.10. The summed E-state index contributed by atoms with van der Waals surface area (Å²) in [5, 5.41) is 3.35. The maximum absolute atomic E-state index is 6.20. The highest BCUT2D eigenvalue weighted by Crippen LogP contribution is 2.51. The van der Waals surface area contributed by atoms with E-state index in [1.807, 2.05) is 0 Å². The smallest absolute Gasteiger partial charge is 0.129 e. The molecule has 0 aromatic heterocycles. The first kappa shape index (κ1) is 15.5. The fourth-order valence-corrected chi connectivity index (χ4v) is 3.26. The normalized spacial score (nSPS) is 25.4. The van der Waals surface area contributed by atoms with Crippen molar-refractivity contribution < 1.29 is 4.74 Å². The van der Waals surface area contributed by atoms with E-state index < -0.39 is 0 Å². The summed E-state index contributed by atoms with van der Waals surface area (Å²) in [6.45, 7) is 9.01. The second kappa shape index (κ2) is 4.58. The first-order valence-corrected chi connectivity index (χ1v) is 7.07. The topological polar surface area (TPSA) is 47.3 Å². The minimum Gasteiger partial charge on any atom is -0.485 e. The first-order valence-electron chi connectivity index (χ1n) is 6.66. The molecule has 3 rings (SSSR count). The van der Waals surface area contributed by atoms with Crippen molar-refractivity contribution in [2.75, 3.05) is 11.9 Å². The van der Waals surface area contributed by atoms with Gasteiger partial charge in [0.05, 0.1) is 4.99 Å². The Hall–Kier alpha value is -0.840. The predicted molar refractivity (Wildman–Crippen MR) is 89.5 cm³/mol. The van der Waals surface area contributed by atoms with E-state index in [-0.39, 0.29) is 23.4 Å². The fourth-order valence-electron chi connectivity index (χ4n) is 3.06. The highest BCUT2D eigenvalue weighted by Gasteiger charge is 2.44. The molecule has 1 atom stereocenters. The Balaban J connectivity index is 0.00000147. The number of hydrogen-bond acceptors (Lipinski definition) is 3. The summed E-state index contributed by atoms with van der Waals surface area (Å²) < 4.78 is 6.20. The van der Waals surface area contributed by atoms with Crippen molar-refractivity contribution in [2.24, 2.45) is 5.73 Å². The molecule has 20 heavy (non-hydrogen) atoms. The van der Waals surface area contributed by atoms with Crippen LogP contribution in [0, 0.1) is 6.92 Å². The number of nitrogens with two attached hydrogens (primary N) is 1. The molecule has 0 amide bonds. The molecule has 5 heteroatoms. The molecular formula is C15H21ClN2OS. The van der Waals surface area contributed by atoms with E-state index in [1.165, 1.54) is 16.7 Å². The number of anilines is 1. The van der Waals surface area contributed by atoms with E-state index in [0.717, 1.165) is 22.8 Å². The number of benzene rings is 1. The maximum atomic E-state index is 6.20. The quantitative estimate of drug-likeness (QED) is 0.782. The molecule has 0 saturated heterocycles. The van der Waals surface area contributed by atoms with Gasteiger partial charge in [0.15, 0.2) is 0 Å². The number of nitrogens with one attached hydrogen (secondary N) is 1. The van der Waals surface area contributed by atoms with Gasteiger partial charge in [-0.3, -0.25) is 0 Å². The third-order valence-electron chi connectivity index (χ3n) is 4.33. The Morgan fingerprint density at radius 3 is 2.65 bits per heavy atom. The minimum absolute atomic E-state index is 0. The number of aryl methyl sites for hydroxylation is 1. The number of rotatable bonds is 1. The molecule has 0 bridgehead atoms. The molecule has 2 aliphatic rings. The van der Waals surface area contributed by atoms with E-state index in [4.69, 9.17) is 22.7 Å². The summed E-state index contributed by atoms with van der Waals surface area (Å²) in [6.07, 6.45) is 0.871. The van der Waals surface area contributed by atoms with Crippen molar-refractivity contribution in [1.29, 1.82) is 0 Å². The van der Waals surface area contributed by atoms with Crippen LogP contribution in [0.1, 0.15) is 37.5 Å². The molecule has 0 radical (unpaired) electrons. The lowest BCUT2D eigenvalue weighted by Crippen LogP contribution is -2.39. The summed E-state index contributed by atoms with van der Waals surface area (Å²) in [7, 11) is 0. The average Bonchev–Trinajstić information content (AvgIpc) is 2.77. The molecule has 110 valence electrons. The largest absolute Gasteiger partial charge is 0.485 e. The van der Waals surface area contributed by atoms with Crippen molar-refractivity contribution in [3.63, 3.8) is 0 Å². The van der Waals surface area contributed by atoms with E-state index in [9.17, 15) is 0 Å². The van der Waals surface area contributed by atoms with Crippen LogP contribution in [0.4, 0.5) is 5.69 Å². The van der Waals surface area contributed by atoms with Crippen LogP contribution in [0.15, 0.2) is 6.07 Å². The van der Waals surface area contributed by atoms with Gasteiger partial charge in [-0.15, -0.1) is 12.4 Å². The van der Waals surface area contributed by atoms with Gasteiger partial charge in [0.1, 0.15) is 11.4 Å². The van der Waals surface area contributed by atoms with Crippen molar-refractivity contribution in [3.05, 3.63) is 22.8 Å². The summed E-state index contributed by atoms with van der Waals surface area (Å²) in [4.78, 5) is 0.865. The zero-order chi connectivity index (χ0) is 14.0. The molecule has 1 aromatic rings. The second-order valence-electron chi connectivity index (χ2n) is 6.44. The molecule has 1 aromatic carbocycles. The number of thiocarbonyl (C=S) groups is 1. The van der Waals surface area contributed by atoms with E-state index >= 15 is 0 Å². The van der Waals surface area contributed by atoms with E-state index in [1.54, 1.807) is 0 Å². The van der Waals surface area contributed by atoms with Crippen LogP contribution in [-0.4, -0.2) is 17.1 Å². The van der Waals surface area contributed by atoms with Gasteiger partial charge in [-0.05, 0) is 38.8 Å². The van der Waals surface area contributed by atoms with Gasteiger partial charge in [-0.2, -0.15) is 0 Å². The number of hydrogen-bond donors (Lipinski definition) is 2. The highest BCUT2D eigenvalue weighted by atomic mass is 35.5. The Morgan fingerprint density at radius 1 is 1.40 bits per heavy atom. The van der Waals surface area contributed by atoms with Crippen LogP contribution < -0.4 is 15.8 Å². The molecule has 3 N–H and O–H groups in total. The van der Waals surface area contributed by atoms with Crippen LogP contribution >= 0.6 is 24.6 Å². The molecule has 0 fully saturated rings. The van der Waals surface area contributed by atoms with E-state index in [2.05, 4.69) is 39.1 Å². The van der Waals surface area contributed by atoms with E-state index in [0.29, 0.717) is 6.54 Å². The Kier molecular flexibility index (Phi) is 3.56. The van der Waals surface area contributed by atoms with Gasteiger partial charge >= 0.3 is 0 Å². The van der Waals surface area contributed by atoms with Crippen molar-refractivity contribution in [2.45, 2.75) is 45.1 Å². The van der Waals surface area contributed by atoms with Crippen LogP contribution in [-0.2, 0) is 11.8 Å².